The molecule has 7 N–H and O–H groups in total. The average molecular weight is 880 g/mol. The number of ether oxygens (including phenoxy) is 1. The monoisotopic (exact) mass is 879 g/mol. The van der Waals surface area contributed by atoms with Crippen molar-refractivity contribution in [2.24, 2.45) is 5.73 Å². The van der Waals surface area contributed by atoms with E-state index in [2.05, 4.69) is 21.0 Å². The maximum atomic E-state index is 12.5. The summed E-state index contributed by atoms with van der Waals surface area (Å²) in [4.78, 5) is 58.2. The minimum Gasteiger partial charge on any atom is -0.460 e. The van der Waals surface area contributed by atoms with E-state index in [9.17, 15) is 19.2 Å². The summed E-state index contributed by atoms with van der Waals surface area (Å²) >= 11 is 0. The smallest absolute Gasteiger partial charge is 0.310 e. The number of carbonyl (C=O) groups excluding carboxylic acids is 4. The first-order chi connectivity index (χ1) is 31.3. The maximum Gasteiger partial charge on any atom is 0.310 e. The standard InChI is InChI=1S/C22H23NO3.C17H16N2O.C16H14N2O.CH4/c1-22(2,3)26-21(25)14-15-4-7-17(8-5-15)20(24)13-16-6-9-19-18(12-16)10-11-23-19;18-11-12-1-4-14(5-2-12)17(20)10-13-3-6-16-15(9-13)7-8-19-16;17-14-4-2-12(3-5-14)16(19)10-11-1-6-15-13(9-11)7-8-18-15;/h4-12,23H,13-14H2,1-3H3;1-9,19H,10-11,18H2;1-9,18H,10,17H2;1H4. The van der Waals surface area contributed by atoms with E-state index >= 15 is 0 Å². The molecular formula is C56H57N5O5. The van der Waals surface area contributed by atoms with Crippen molar-refractivity contribution in [2.45, 2.75) is 66.0 Å². The van der Waals surface area contributed by atoms with E-state index in [1.54, 1.807) is 36.4 Å². The van der Waals surface area contributed by atoms with Gasteiger partial charge in [-0.2, -0.15) is 0 Å². The van der Waals surface area contributed by atoms with Crippen LogP contribution in [0.3, 0.4) is 0 Å². The van der Waals surface area contributed by atoms with Crippen LogP contribution >= 0.6 is 0 Å². The first kappa shape index (κ1) is 47.7. The first-order valence-electron chi connectivity index (χ1n) is 21.5. The van der Waals surface area contributed by atoms with Crippen molar-refractivity contribution in [1.82, 2.24) is 15.0 Å². The number of aromatic amines is 3. The topological polar surface area (TPSA) is 177 Å². The van der Waals surface area contributed by atoms with E-state index in [4.69, 9.17) is 16.2 Å². The number of fused-ring (bicyclic) bond motifs is 3. The van der Waals surface area contributed by atoms with Crippen molar-refractivity contribution in [3.05, 3.63) is 209 Å². The van der Waals surface area contributed by atoms with Crippen LogP contribution in [0.1, 0.15) is 87.1 Å². The maximum absolute atomic E-state index is 12.5. The molecule has 9 aromatic rings. The Morgan fingerprint density at radius 2 is 0.788 bits per heavy atom. The van der Waals surface area contributed by atoms with Gasteiger partial charge < -0.3 is 31.2 Å². The summed E-state index contributed by atoms with van der Waals surface area (Å²) in [6, 6.07) is 45.8. The fourth-order valence-electron chi connectivity index (χ4n) is 7.35. The summed E-state index contributed by atoms with van der Waals surface area (Å²) < 4.78 is 5.32. The molecule has 0 aliphatic rings. The molecule has 336 valence electrons. The normalized spacial score (nSPS) is 10.9. The summed E-state index contributed by atoms with van der Waals surface area (Å²) in [6.45, 7) is 6.03. The lowest BCUT2D eigenvalue weighted by molar-refractivity contribution is -0.153. The minimum absolute atomic E-state index is 0. The van der Waals surface area contributed by atoms with E-state index in [0.29, 0.717) is 42.6 Å². The number of nitrogen functional groups attached to an aromatic ring is 1. The number of aromatic nitrogens is 3. The number of anilines is 1. The van der Waals surface area contributed by atoms with Crippen LogP contribution in [0.15, 0.2) is 164 Å². The average Bonchev–Trinajstić information content (AvgIpc) is 4.08. The zero-order chi connectivity index (χ0) is 45.9. The number of carbonyl (C=O) groups is 4. The number of esters is 1. The molecule has 0 atom stereocenters. The highest BCUT2D eigenvalue weighted by molar-refractivity contribution is 5.99. The molecule has 6 aromatic carbocycles. The van der Waals surface area contributed by atoms with Gasteiger partial charge in [0.05, 0.1) is 6.42 Å². The third-order valence-corrected chi connectivity index (χ3v) is 10.7. The number of H-pyrrole nitrogens is 3. The van der Waals surface area contributed by atoms with Gasteiger partial charge in [0, 0.05) is 83.3 Å². The zero-order valence-corrected chi connectivity index (χ0v) is 36.8. The number of benzene rings is 6. The minimum atomic E-state index is -0.493. The summed E-state index contributed by atoms with van der Waals surface area (Å²) in [5, 5.41) is 3.36. The van der Waals surface area contributed by atoms with E-state index in [0.717, 1.165) is 66.1 Å². The highest BCUT2D eigenvalue weighted by Crippen LogP contribution is 2.20. The largest absolute Gasteiger partial charge is 0.460 e. The molecule has 0 radical (unpaired) electrons. The summed E-state index contributed by atoms with van der Waals surface area (Å²) in [5.41, 5.74) is 21.6. The number of nitrogens with two attached hydrogens (primary N) is 2. The second kappa shape index (κ2) is 21.7. The van der Waals surface area contributed by atoms with Crippen LogP contribution in [-0.2, 0) is 41.8 Å². The fraction of sp³-hybridized carbons (Fsp3) is 0.179. The Balaban J connectivity index is 0.000000165. The van der Waals surface area contributed by atoms with Crippen LogP contribution in [0.5, 0.6) is 0 Å². The van der Waals surface area contributed by atoms with Gasteiger partial charge in [-0.1, -0.05) is 74.2 Å². The number of nitrogens with one attached hydrogen (secondary N) is 3. The van der Waals surface area contributed by atoms with Gasteiger partial charge in [0.15, 0.2) is 17.3 Å². The molecule has 3 heterocycles. The molecule has 0 amide bonds. The van der Waals surface area contributed by atoms with E-state index in [1.165, 1.54) is 0 Å². The molecule has 0 spiro atoms. The Morgan fingerprint density at radius 3 is 1.14 bits per heavy atom. The molecule has 3 aromatic heterocycles. The molecule has 10 nitrogen and oxygen atoms in total. The van der Waals surface area contributed by atoms with E-state index < -0.39 is 5.60 Å². The Kier molecular flexibility index (Phi) is 15.7. The van der Waals surface area contributed by atoms with Crippen LogP contribution in [0, 0.1) is 0 Å². The third kappa shape index (κ3) is 13.1. The lowest BCUT2D eigenvalue weighted by Crippen LogP contribution is -2.24. The third-order valence-electron chi connectivity index (χ3n) is 10.7. The van der Waals surface area contributed by atoms with E-state index in [1.807, 2.05) is 142 Å². The fourth-order valence-corrected chi connectivity index (χ4v) is 7.35. The van der Waals surface area contributed by atoms with Gasteiger partial charge in [-0.05, 0) is 144 Å². The Bertz CT molecular complexity index is 3060. The SMILES string of the molecule is C.CC(C)(C)OC(=O)Cc1ccc(C(=O)Cc2ccc3[nH]ccc3c2)cc1.NCc1ccc(C(=O)Cc2ccc3[nH]ccc3c2)cc1.Nc1ccc(C(=O)Cc2ccc3[nH]ccc3c2)cc1. The number of hydrogen-bond acceptors (Lipinski definition) is 7. The van der Waals surface area contributed by atoms with Gasteiger partial charge in [-0.25, -0.2) is 0 Å². The predicted octanol–water partition coefficient (Wildman–Crippen LogP) is 11.3. The Morgan fingerprint density at radius 1 is 0.455 bits per heavy atom. The van der Waals surface area contributed by atoms with Crippen molar-refractivity contribution in [3.8, 4) is 0 Å². The van der Waals surface area contributed by atoms with Crippen molar-refractivity contribution in [1.29, 1.82) is 0 Å². The van der Waals surface area contributed by atoms with Gasteiger partial charge in [0.25, 0.3) is 0 Å². The number of hydrogen-bond donors (Lipinski definition) is 5. The van der Waals surface area contributed by atoms with Crippen molar-refractivity contribution in [2.75, 3.05) is 5.73 Å². The molecule has 0 aliphatic heterocycles. The van der Waals surface area contributed by atoms with Crippen LogP contribution < -0.4 is 11.5 Å². The second-order valence-electron chi connectivity index (χ2n) is 17.0. The number of ketones is 3. The van der Waals surface area contributed by atoms with Crippen LogP contribution in [0.25, 0.3) is 32.7 Å². The summed E-state index contributed by atoms with van der Waals surface area (Å²) in [6.07, 6.45) is 7.08. The van der Waals surface area contributed by atoms with Crippen LogP contribution in [-0.4, -0.2) is 43.9 Å². The molecular weight excluding hydrogens is 823 g/mol. The van der Waals surface area contributed by atoms with Crippen molar-refractivity contribution < 1.29 is 23.9 Å². The van der Waals surface area contributed by atoms with E-state index in [-0.39, 0.29) is 37.2 Å². The molecule has 10 heteroatoms. The quantitative estimate of drug-likeness (QED) is 0.0460. The molecule has 0 saturated carbocycles. The van der Waals surface area contributed by atoms with Gasteiger partial charge in [0.1, 0.15) is 5.60 Å². The Labute approximate surface area is 385 Å². The summed E-state index contributed by atoms with van der Waals surface area (Å²) in [5.74, 6) is 0.0263. The van der Waals surface area contributed by atoms with Crippen LogP contribution in [0.4, 0.5) is 5.69 Å². The Hall–Kier alpha value is -7.82. The molecule has 0 aliphatic carbocycles. The van der Waals surface area contributed by atoms with Gasteiger partial charge >= 0.3 is 5.97 Å². The molecule has 0 unspecified atom stereocenters. The van der Waals surface area contributed by atoms with Gasteiger partial charge in [-0.15, -0.1) is 0 Å². The molecule has 66 heavy (non-hydrogen) atoms. The zero-order valence-electron chi connectivity index (χ0n) is 36.8. The van der Waals surface area contributed by atoms with Gasteiger partial charge in [0.2, 0.25) is 0 Å². The highest BCUT2D eigenvalue weighted by atomic mass is 16.6. The summed E-state index contributed by atoms with van der Waals surface area (Å²) in [7, 11) is 0. The number of Topliss-reactive ketones (excluding diaryl/α,β-unsaturated/α-hetero) is 3. The van der Waals surface area contributed by atoms with Gasteiger partial charge in [-0.3, -0.25) is 19.2 Å². The molecule has 9 rings (SSSR count). The highest BCUT2D eigenvalue weighted by Gasteiger charge is 2.17. The molecule has 0 fully saturated rings. The van der Waals surface area contributed by atoms with Crippen molar-refractivity contribution >= 4 is 61.7 Å². The molecule has 0 saturated heterocycles. The lowest BCUT2D eigenvalue weighted by Gasteiger charge is -2.19. The lowest BCUT2D eigenvalue weighted by atomic mass is 10.0. The first-order valence-corrected chi connectivity index (χ1v) is 21.5. The second-order valence-corrected chi connectivity index (χ2v) is 17.0. The molecule has 0 bridgehead atoms. The number of rotatable bonds is 12. The van der Waals surface area contributed by atoms with Crippen molar-refractivity contribution in [3.63, 3.8) is 0 Å². The van der Waals surface area contributed by atoms with Crippen LogP contribution in [0.2, 0.25) is 0 Å². The predicted molar refractivity (Wildman–Crippen MR) is 267 cm³/mol.